The minimum absolute atomic E-state index is 0.0905. The standard InChI is InChI=1S/C19H17N3O4S/c1-12-19(13(2)26-21-12)14-10-16-15(20-11-14)8-9-22(16)27(23,24)18-7-5-4-6-17(18)25-3/h4-11H,1-3H3. The summed E-state index contributed by atoms with van der Waals surface area (Å²) in [5.41, 5.74) is 3.32. The zero-order valence-corrected chi connectivity index (χ0v) is 15.8. The number of benzene rings is 1. The molecule has 7 nitrogen and oxygen atoms in total. The van der Waals surface area contributed by atoms with Gasteiger partial charge in [0.15, 0.2) is 0 Å². The molecule has 0 aliphatic carbocycles. The highest BCUT2D eigenvalue weighted by Crippen LogP contribution is 2.31. The molecule has 0 bridgehead atoms. The second-order valence-electron chi connectivity index (χ2n) is 6.09. The van der Waals surface area contributed by atoms with Crippen LogP contribution in [0.4, 0.5) is 0 Å². The third-order valence-electron chi connectivity index (χ3n) is 4.43. The topological polar surface area (TPSA) is 87.2 Å². The number of rotatable bonds is 4. The maximum Gasteiger partial charge on any atom is 0.271 e. The fraction of sp³-hybridized carbons (Fsp3) is 0.158. The van der Waals surface area contributed by atoms with Crippen molar-refractivity contribution in [2.24, 2.45) is 0 Å². The first kappa shape index (κ1) is 17.3. The highest BCUT2D eigenvalue weighted by Gasteiger charge is 2.24. The van der Waals surface area contributed by atoms with Crippen LogP contribution in [-0.4, -0.2) is 29.6 Å². The first-order valence-electron chi connectivity index (χ1n) is 8.22. The van der Waals surface area contributed by atoms with Crippen LogP contribution in [-0.2, 0) is 10.0 Å². The van der Waals surface area contributed by atoms with Gasteiger partial charge in [-0.25, -0.2) is 12.4 Å². The van der Waals surface area contributed by atoms with Crippen LogP contribution in [0.25, 0.3) is 22.2 Å². The lowest BCUT2D eigenvalue weighted by Gasteiger charge is -2.11. The Kier molecular flexibility index (Phi) is 4.00. The average Bonchev–Trinajstić information content (AvgIpc) is 3.24. The highest BCUT2D eigenvalue weighted by atomic mass is 32.2. The van der Waals surface area contributed by atoms with Crippen molar-refractivity contribution >= 4 is 21.1 Å². The van der Waals surface area contributed by atoms with Crippen molar-refractivity contribution in [3.05, 3.63) is 60.2 Å². The van der Waals surface area contributed by atoms with E-state index in [9.17, 15) is 8.42 Å². The largest absolute Gasteiger partial charge is 0.495 e. The fourth-order valence-electron chi connectivity index (χ4n) is 3.17. The molecule has 3 aromatic heterocycles. The van der Waals surface area contributed by atoms with Crippen LogP contribution in [0.5, 0.6) is 5.75 Å². The van der Waals surface area contributed by atoms with Crippen LogP contribution in [0.3, 0.4) is 0 Å². The number of ether oxygens (including phenoxy) is 1. The van der Waals surface area contributed by atoms with Gasteiger partial charge in [0.1, 0.15) is 16.4 Å². The molecule has 0 N–H and O–H groups in total. The van der Waals surface area contributed by atoms with Gasteiger partial charge in [0.25, 0.3) is 10.0 Å². The second kappa shape index (κ2) is 6.24. The first-order valence-corrected chi connectivity index (χ1v) is 9.66. The smallest absolute Gasteiger partial charge is 0.271 e. The van der Waals surface area contributed by atoms with Gasteiger partial charge in [-0.1, -0.05) is 17.3 Å². The average molecular weight is 383 g/mol. The van der Waals surface area contributed by atoms with Gasteiger partial charge >= 0.3 is 0 Å². The van der Waals surface area contributed by atoms with E-state index in [1.807, 2.05) is 13.8 Å². The van der Waals surface area contributed by atoms with Crippen LogP contribution in [0.15, 0.2) is 58.2 Å². The Morgan fingerprint density at radius 1 is 1.15 bits per heavy atom. The van der Waals surface area contributed by atoms with Crippen molar-refractivity contribution in [3.8, 4) is 16.9 Å². The lowest BCUT2D eigenvalue weighted by Crippen LogP contribution is -2.13. The van der Waals surface area contributed by atoms with Crippen LogP contribution in [0, 0.1) is 13.8 Å². The Morgan fingerprint density at radius 3 is 2.63 bits per heavy atom. The predicted octanol–water partition coefficient (Wildman–Crippen LogP) is 3.55. The van der Waals surface area contributed by atoms with Crippen molar-refractivity contribution in [2.45, 2.75) is 18.7 Å². The van der Waals surface area contributed by atoms with Gasteiger partial charge in [-0.2, -0.15) is 0 Å². The van der Waals surface area contributed by atoms with Crippen LogP contribution in [0.1, 0.15) is 11.5 Å². The molecule has 0 atom stereocenters. The molecule has 8 heteroatoms. The molecule has 4 aromatic rings. The SMILES string of the molecule is COc1ccccc1S(=O)(=O)n1ccc2ncc(-c3c(C)noc3C)cc21. The van der Waals surface area contributed by atoms with Crippen molar-refractivity contribution in [1.82, 2.24) is 14.1 Å². The molecule has 0 spiro atoms. The quantitative estimate of drug-likeness (QED) is 0.535. The summed E-state index contributed by atoms with van der Waals surface area (Å²) in [6, 6.07) is 9.97. The number of hydrogen-bond acceptors (Lipinski definition) is 6. The van der Waals surface area contributed by atoms with Gasteiger partial charge in [0.2, 0.25) is 0 Å². The number of pyridine rings is 1. The van der Waals surface area contributed by atoms with Crippen molar-refractivity contribution < 1.29 is 17.7 Å². The third-order valence-corrected chi connectivity index (χ3v) is 6.16. The molecule has 0 unspecified atom stereocenters. The third kappa shape index (κ3) is 2.69. The van der Waals surface area contributed by atoms with E-state index in [0.29, 0.717) is 16.8 Å². The minimum atomic E-state index is -3.86. The summed E-state index contributed by atoms with van der Waals surface area (Å²) in [6.07, 6.45) is 3.19. The maximum atomic E-state index is 13.2. The van der Waals surface area contributed by atoms with E-state index >= 15 is 0 Å². The van der Waals surface area contributed by atoms with Crippen LogP contribution < -0.4 is 4.74 Å². The number of methoxy groups -OCH3 is 1. The summed E-state index contributed by atoms with van der Waals surface area (Å²) in [5.74, 6) is 0.938. The Balaban J connectivity index is 1.94. The number of aryl methyl sites for hydroxylation is 2. The maximum absolute atomic E-state index is 13.2. The van der Waals surface area contributed by atoms with Crippen LogP contribution in [0.2, 0.25) is 0 Å². The minimum Gasteiger partial charge on any atom is -0.495 e. The molecule has 27 heavy (non-hydrogen) atoms. The molecular formula is C19H17N3O4S. The molecule has 138 valence electrons. The van der Waals surface area contributed by atoms with E-state index in [4.69, 9.17) is 9.26 Å². The normalized spacial score (nSPS) is 11.8. The first-order chi connectivity index (χ1) is 12.9. The Bertz CT molecular complexity index is 1240. The molecule has 4 rings (SSSR count). The molecule has 0 radical (unpaired) electrons. The Labute approximate surface area is 156 Å². The van der Waals surface area contributed by atoms with Gasteiger partial charge in [0.05, 0.1) is 23.8 Å². The molecular weight excluding hydrogens is 366 g/mol. The lowest BCUT2D eigenvalue weighted by atomic mass is 10.1. The summed E-state index contributed by atoms with van der Waals surface area (Å²) < 4.78 is 38.2. The molecule has 0 saturated carbocycles. The summed E-state index contributed by atoms with van der Waals surface area (Å²) in [4.78, 5) is 4.49. The fourth-order valence-corrected chi connectivity index (χ4v) is 4.66. The number of hydrogen-bond donors (Lipinski definition) is 0. The molecule has 0 amide bonds. The molecule has 0 fully saturated rings. The summed E-state index contributed by atoms with van der Waals surface area (Å²) >= 11 is 0. The van der Waals surface area contributed by atoms with Crippen molar-refractivity contribution in [1.29, 1.82) is 0 Å². The molecule has 0 saturated heterocycles. The van der Waals surface area contributed by atoms with Crippen molar-refractivity contribution in [3.63, 3.8) is 0 Å². The zero-order chi connectivity index (χ0) is 19.2. The van der Waals surface area contributed by atoms with Crippen molar-refractivity contribution in [2.75, 3.05) is 7.11 Å². The summed E-state index contributed by atoms with van der Waals surface area (Å²) in [5, 5.41) is 3.96. The Morgan fingerprint density at radius 2 is 1.93 bits per heavy atom. The number of fused-ring (bicyclic) bond motifs is 1. The van der Waals surface area contributed by atoms with Gasteiger partial charge in [-0.15, -0.1) is 0 Å². The summed E-state index contributed by atoms with van der Waals surface area (Å²) in [6.45, 7) is 3.64. The van der Waals surface area contributed by atoms with Gasteiger partial charge in [-0.3, -0.25) is 4.98 Å². The van der Waals surface area contributed by atoms with E-state index in [1.54, 1.807) is 36.5 Å². The van der Waals surface area contributed by atoms with Crippen LogP contribution >= 0.6 is 0 Å². The highest BCUT2D eigenvalue weighted by molar-refractivity contribution is 7.90. The monoisotopic (exact) mass is 383 g/mol. The van der Waals surface area contributed by atoms with Gasteiger partial charge < -0.3 is 9.26 Å². The van der Waals surface area contributed by atoms with E-state index in [2.05, 4.69) is 10.1 Å². The number of nitrogens with zero attached hydrogens (tertiary/aromatic N) is 3. The molecule has 0 aliphatic heterocycles. The number of aromatic nitrogens is 3. The lowest BCUT2D eigenvalue weighted by molar-refractivity contribution is 0.393. The summed E-state index contributed by atoms with van der Waals surface area (Å²) in [7, 11) is -2.41. The van der Waals surface area contributed by atoms with E-state index in [0.717, 1.165) is 16.8 Å². The molecule has 1 aromatic carbocycles. The molecule has 0 aliphatic rings. The Hall–Kier alpha value is -3.13. The van der Waals surface area contributed by atoms with E-state index in [1.165, 1.54) is 23.3 Å². The van der Waals surface area contributed by atoms with Gasteiger partial charge in [0, 0.05) is 23.5 Å². The van der Waals surface area contributed by atoms with E-state index < -0.39 is 10.0 Å². The predicted molar refractivity (Wildman–Crippen MR) is 100 cm³/mol. The second-order valence-corrected chi connectivity index (χ2v) is 7.88. The molecule has 3 heterocycles. The van der Waals surface area contributed by atoms with Gasteiger partial charge in [-0.05, 0) is 38.1 Å². The zero-order valence-electron chi connectivity index (χ0n) is 15.0. The van der Waals surface area contributed by atoms with E-state index in [-0.39, 0.29) is 10.6 Å². The number of para-hydroxylation sites is 1.